The Morgan fingerprint density at radius 3 is 1.45 bits per heavy atom. The third kappa shape index (κ3) is 15.1. The molecule has 0 atom stereocenters. The Morgan fingerprint density at radius 1 is 0.562 bits per heavy atom. The van der Waals surface area contributed by atoms with E-state index in [0.717, 1.165) is 128 Å². The highest BCUT2D eigenvalue weighted by Crippen LogP contribution is 2.45. The third-order valence-corrected chi connectivity index (χ3v) is 14.9. The number of hydrogen-bond acceptors (Lipinski definition) is 13. The first kappa shape index (κ1) is 53.1. The number of hydroxylamine groups is 4. The summed E-state index contributed by atoms with van der Waals surface area (Å²) in [5, 5.41) is 15.4. The molecule has 2 aliphatic carbocycles. The van der Waals surface area contributed by atoms with Crippen LogP contribution in [0.3, 0.4) is 0 Å². The highest BCUT2D eigenvalue weighted by atomic mass is 16.7. The molecule has 13 heteroatoms. The second-order valence-corrected chi connectivity index (χ2v) is 22.8. The lowest BCUT2D eigenvalue weighted by Crippen LogP contribution is -2.65. The molecule has 370 valence electrons. The molecule has 3 heterocycles. The Morgan fingerprint density at radius 2 is 1.00 bits per heavy atom. The number of unbranched alkanes of at least 4 members (excludes halogenated alkanes) is 3. The minimum atomic E-state index is -0.171. The summed E-state index contributed by atoms with van der Waals surface area (Å²) in [5.74, 6) is 3.13. The van der Waals surface area contributed by atoms with Gasteiger partial charge in [0.1, 0.15) is 0 Å². The third-order valence-electron chi connectivity index (χ3n) is 14.9. The number of piperidine rings is 2. The molecule has 2 saturated heterocycles. The minimum absolute atomic E-state index is 0.162. The van der Waals surface area contributed by atoms with Crippen LogP contribution in [0.2, 0.25) is 0 Å². The number of anilines is 3. The molecule has 0 spiro atoms. The van der Waals surface area contributed by atoms with Crippen molar-refractivity contribution in [2.75, 3.05) is 67.5 Å². The average molecular weight is 898 g/mol. The molecular formula is C51H99N11O2. The Kier molecular flexibility index (Phi) is 20.7. The number of hydrogen-bond donors (Lipinski definition) is 4. The molecule has 2 saturated carbocycles. The topological polar surface area (TPSA) is 132 Å². The zero-order valence-corrected chi connectivity index (χ0v) is 43.2. The van der Waals surface area contributed by atoms with Gasteiger partial charge in [0.05, 0.1) is 12.2 Å². The van der Waals surface area contributed by atoms with Gasteiger partial charge < -0.3 is 31.5 Å². The van der Waals surface area contributed by atoms with Crippen molar-refractivity contribution in [3.63, 3.8) is 0 Å². The number of rotatable bonds is 26. The van der Waals surface area contributed by atoms with Gasteiger partial charge in [-0.25, -0.2) is 0 Å². The second-order valence-electron chi connectivity index (χ2n) is 22.8. The summed E-state index contributed by atoms with van der Waals surface area (Å²) < 4.78 is 0. The SMILES string of the molecule is CCCCC1CCC(ON2C(C)(C)CC(N(CCCC)c3nc(NCCNCCNCCN)nc(N(CCCC)C4CC(C)(C)N(OC5CCCCC5)C(C)(C)C4)n3)CC2(C)C)CC1. The van der Waals surface area contributed by atoms with E-state index in [1.807, 2.05) is 0 Å². The molecule has 1 aromatic heterocycles. The summed E-state index contributed by atoms with van der Waals surface area (Å²) in [5.41, 5.74) is 5.02. The summed E-state index contributed by atoms with van der Waals surface area (Å²) in [6, 6.07) is 0.492. The lowest BCUT2D eigenvalue weighted by Gasteiger charge is -2.57. The van der Waals surface area contributed by atoms with Crippen LogP contribution in [0.15, 0.2) is 0 Å². The highest BCUT2D eigenvalue weighted by Gasteiger charge is 2.51. The quantitative estimate of drug-likeness (QED) is 0.0659. The maximum absolute atomic E-state index is 7.11. The summed E-state index contributed by atoms with van der Waals surface area (Å²) >= 11 is 0. The maximum Gasteiger partial charge on any atom is 0.232 e. The van der Waals surface area contributed by atoms with E-state index in [9.17, 15) is 0 Å². The van der Waals surface area contributed by atoms with Gasteiger partial charge in [-0.3, -0.25) is 9.68 Å². The molecule has 5 rings (SSSR count). The molecule has 0 radical (unpaired) electrons. The van der Waals surface area contributed by atoms with Crippen molar-refractivity contribution in [1.29, 1.82) is 0 Å². The van der Waals surface area contributed by atoms with E-state index in [1.54, 1.807) is 0 Å². The lowest BCUT2D eigenvalue weighted by molar-refractivity contribution is -0.311. The van der Waals surface area contributed by atoms with Gasteiger partial charge in [-0.15, -0.1) is 0 Å². The van der Waals surface area contributed by atoms with Crippen molar-refractivity contribution < 1.29 is 9.68 Å². The van der Waals surface area contributed by atoms with Crippen LogP contribution in [0.25, 0.3) is 0 Å². The summed E-state index contributed by atoms with van der Waals surface area (Å²) in [4.78, 5) is 35.5. The monoisotopic (exact) mass is 898 g/mol. The van der Waals surface area contributed by atoms with Gasteiger partial charge in [0.25, 0.3) is 0 Å². The van der Waals surface area contributed by atoms with Crippen LogP contribution in [0.5, 0.6) is 0 Å². The molecule has 0 amide bonds. The van der Waals surface area contributed by atoms with Crippen LogP contribution in [0.4, 0.5) is 17.8 Å². The van der Waals surface area contributed by atoms with Gasteiger partial charge in [0, 0.05) is 86.6 Å². The van der Waals surface area contributed by atoms with Crippen molar-refractivity contribution in [1.82, 2.24) is 35.7 Å². The minimum Gasteiger partial charge on any atom is -0.353 e. The molecule has 0 bridgehead atoms. The van der Waals surface area contributed by atoms with E-state index >= 15 is 0 Å². The fourth-order valence-corrected chi connectivity index (χ4v) is 12.0. The maximum atomic E-state index is 7.11. The summed E-state index contributed by atoms with van der Waals surface area (Å²) in [6.45, 7) is 32.6. The molecule has 0 unspecified atom stereocenters. The van der Waals surface area contributed by atoms with Gasteiger partial charge in [-0.1, -0.05) is 72.1 Å². The van der Waals surface area contributed by atoms with Crippen molar-refractivity contribution in [2.45, 2.75) is 251 Å². The predicted octanol–water partition coefficient (Wildman–Crippen LogP) is 9.62. The van der Waals surface area contributed by atoms with E-state index in [1.165, 1.54) is 64.2 Å². The van der Waals surface area contributed by atoms with Crippen LogP contribution in [-0.2, 0) is 9.68 Å². The standard InChI is InChI=1S/C51H99N11O2/c1-12-15-21-40-24-26-44(27-25-40)64-62-50(8,9)38-42(39-51(62,10)11)60(35-17-14-3)47-57-45(55-33-32-54-31-30-53-29-28-52)56-46(58-47)59(34-16-13-2)41-36-48(4,5)61(49(6,7)37-41)63-43-22-19-18-20-23-43/h40-44,53-54H,12-39,52H2,1-11H3,(H,55,56,57,58). The van der Waals surface area contributed by atoms with Crippen molar-refractivity contribution in [3.05, 3.63) is 0 Å². The van der Waals surface area contributed by atoms with Gasteiger partial charge in [0.15, 0.2) is 0 Å². The zero-order valence-electron chi connectivity index (χ0n) is 43.2. The number of nitrogens with two attached hydrogens (primary N) is 1. The van der Waals surface area contributed by atoms with Crippen molar-refractivity contribution in [2.24, 2.45) is 11.7 Å². The molecular weight excluding hydrogens is 799 g/mol. The largest absolute Gasteiger partial charge is 0.353 e. The number of nitrogens with zero attached hydrogens (tertiary/aromatic N) is 7. The van der Waals surface area contributed by atoms with Crippen LogP contribution < -0.4 is 31.5 Å². The number of aromatic nitrogens is 3. The molecule has 64 heavy (non-hydrogen) atoms. The first-order chi connectivity index (χ1) is 30.5. The average Bonchev–Trinajstić information content (AvgIpc) is 3.24. The van der Waals surface area contributed by atoms with E-state index < -0.39 is 0 Å². The van der Waals surface area contributed by atoms with E-state index in [0.29, 0.717) is 24.7 Å². The van der Waals surface area contributed by atoms with E-state index in [4.69, 9.17) is 30.4 Å². The predicted molar refractivity (Wildman–Crippen MR) is 268 cm³/mol. The van der Waals surface area contributed by atoms with Gasteiger partial charge in [0.2, 0.25) is 17.8 Å². The molecule has 5 N–H and O–H groups in total. The highest BCUT2D eigenvalue weighted by molar-refractivity contribution is 5.47. The molecule has 13 nitrogen and oxygen atoms in total. The Labute approximate surface area is 392 Å². The normalized spacial score (nSPS) is 24.5. The molecule has 4 fully saturated rings. The van der Waals surface area contributed by atoms with Crippen molar-refractivity contribution >= 4 is 17.8 Å². The number of nitrogens with one attached hydrogen (secondary N) is 3. The molecule has 4 aliphatic rings. The smallest absolute Gasteiger partial charge is 0.232 e. The fourth-order valence-electron chi connectivity index (χ4n) is 12.0. The summed E-state index contributed by atoms with van der Waals surface area (Å²) in [6.07, 6.45) is 24.0. The first-order valence-corrected chi connectivity index (χ1v) is 26.6. The Hall–Kier alpha value is -1.87. The Bertz CT molecular complexity index is 1440. The molecule has 1 aromatic rings. The van der Waals surface area contributed by atoms with Gasteiger partial charge in [-0.2, -0.15) is 25.1 Å². The van der Waals surface area contributed by atoms with E-state index in [2.05, 4.69) is 112 Å². The van der Waals surface area contributed by atoms with Gasteiger partial charge in [-0.05, 0) is 138 Å². The van der Waals surface area contributed by atoms with Crippen LogP contribution >= 0.6 is 0 Å². The van der Waals surface area contributed by atoms with Crippen LogP contribution in [0, 0.1) is 5.92 Å². The molecule has 0 aromatic carbocycles. The fraction of sp³-hybridized carbons (Fsp3) is 0.941. The van der Waals surface area contributed by atoms with Crippen molar-refractivity contribution in [3.8, 4) is 0 Å². The molecule has 2 aliphatic heterocycles. The van der Waals surface area contributed by atoms with Crippen LogP contribution in [0.1, 0.15) is 205 Å². The Balaban J connectivity index is 1.44. The summed E-state index contributed by atoms with van der Waals surface area (Å²) in [7, 11) is 0. The first-order valence-electron chi connectivity index (χ1n) is 26.6. The van der Waals surface area contributed by atoms with E-state index in [-0.39, 0.29) is 34.2 Å². The van der Waals surface area contributed by atoms with Gasteiger partial charge >= 0.3 is 0 Å². The lowest BCUT2D eigenvalue weighted by atomic mass is 9.78. The zero-order chi connectivity index (χ0) is 46.4. The van der Waals surface area contributed by atoms with Crippen LogP contribution in [-0.4, -0.2) is 124 Å². The second kappa shape index (κ2) is 24.9.